The van der Waals surface area contributed by atoms with Gasteiger partial charge in [0.05, 0.1) is 0 Å². The van der Waals surface area contributed by atoms with E-state index in [4.69, 9.17) is 12.2 Å². The van der Waals surface area contributed by atoms with Crippen LogP contribution >= 0.6 is 0 Å². The summed E-state index contributed by atoms with van der Waals surface area (Å²) in [6, 6.07) is 17.6. The maximum Gasteiger partial charge on any atom is 0.159 e. The number of rotatable bonds is 2. The molecule has 0 bridgehead atoms. The number of anilines is 1. The standard InChI is InChI=1S/C21H14N4/c1-2-14-7-6-10-16(11-14)21-24-13-18-17(15-8-4-3-5-9-15)12-23-20(22)19(18)25-21/h1,3-13H,(H2,22,23). The summed E-state index contributed by atoms with van der Waals surface area (Å²) < 4.78 is 0. The van der Waals surface area contributed by atoms with Crippen LogP contribution in [0.3, 0.4) is 0 Å². The molecule has 0 fully saturated rings. The molecular weight excluding hydrogens is 308 g/mol. The molecule has 0 saturated heterocycles. The van der Waals surface area contributed by atoms with Crippen molar-refractivity contribution in [3.8, 4) is 34.9 Å². The fourth-order valence-corrected chi connectivity index (χ4v) is 2.77. The Kier molecular flexibility index (Phi) is 3.60. The highest BCUT2D eigenvalue weighted by atomic mass is 14.9. The monoisotopic (exact) mass is 322 g/mol. The minimum absolute atomic E-state index is 0.381. The van der Waals surface area contributed by atoms with E-state index in [1.807, 2.05) is 54.6 Å². The van der Waals surface area contributed by atoms with Gasteiger partial charge in [0.15, 0.2) is 5.82 Å². The molecule has 0 radical (unpaired) electrons. The number of hydrogen-bond acceptors (Lipinski definition) is 4. The van der Waals surface area contributed by atoms with Gasteiger partial charge in [-0.3, -0.25) is 0 Å². The average Bonchev–Trinajstić information content (AvgIpc) is 2.69. The number of aromatic nitrogens is 3. The first kappa shape index (κ1) is 14.9. The van der Waals surface area contributed by atoms with Gasteiger partial charge in [-0.1, -0.05) is 48.4 Å². The zero-order chi connectivity index (χ0) is 17.2. The molecule has 0 spiro atoms. The van der Waals surface area contributed by atoms with Crippen molar-refractivity contribution in [2.45, 2.75) is 0 Å². The van der Waals surface area contributed by atoms with Gasteiger partial charge in [-0.25, -0.2) is 15.0 Å². The van der Waals surface area contributed by atoms with Crippen LogP contribution in [0.2, 0.25) is 0 Å². The second-order valence-electron chi connectivity index (χ2n) is 5.60. The number of pyridine rings is 1. The van der Waals surface area contributed by atoms with Crippen LogP contribution in [0, 0.1) is 12.3 Å². The molecule has 2 aromatic carbocycles. The third-order valence-corrected chi connectivity index (χ3v) is 4.03. The van der Waals surface area contributed by atoms with E-state index in [-0.39, 0.29) is 0 Å². The molecule has 2 N–H and O–H groups in total. The lowest BCUT2D eigenvalue weighted by Crippen LogP contribution is -1.98. The van der Waals surface area contributed by atoms with Crippen molar-refractivity contribution in [1.82, 2.24) is 15.0 Å². The lowest BCUT2D eigenvalue weighted by molar-refractivity contribution is 1.21. The van der Waals surface area contributed by atoms with Crippen molar-refractivity contribution >= 4 is 16.7 Å². The van der Waals surface area contributed by atoms with Gasteiger partial charge >= 0.3 is 0 Å². The lowest BCUT2D eigenvalue weighted by Gasteiger charge is -2.09. The summed E-state index contributed by atoms with van der Waals surface area (Å²) in [5.74, 6) is 3.58. The quantitative estimate of drug-likeness (QED) is 0.568. The van der Waals surface area contributed by atoms with Gasteiger partial charge in [0, 0.05) is 34.5 Å². The number of nitrogen functional groups attached to an aromatic ring is 1. The summed E-state index contributed by atoms with van der Waals surface area (Å²) in [7, 11) is 0. The number of benzene rings is 2. The van der Waals surface area contributed by atoms with E-state index in [1.54, 1.807) is 12.4 Å². The summed E-state index contributed by atoms with van der Waals surface area (Å²) in [4.78, 5) is 13.5. The van der Waals surface area contributed by atoms with E-state index < -0.39 is 0 Å². The first-order valence-electron chi connectivity index (χ1n) is 7.80. The molecule has 0 aliphatic heterocycles. The van der Waals surface area contributed by atoms with Crippen molar-refractivity contribution in [2.75, 3.05) is 5.73 Å². The summed E-state index contributed by atoms with van der Waals surface area (Å²) in [5.41, 5.74) is 10.3. The van der Waals surface area contributed by atoms with Gasteiger partial charge in [0.25, 0.3) is 0 Å². The van der Waals surface area contributed by atoms with E-state index in [2.05, 4.69) is 20.9 Å². The molecule has 0 atom stereocenters. The topological polar surface area (TPSA) is 64.7 Å². The number of nitrogens with zero attached hydrogens (tertiary/aromatic N) is 3. The van der Waals surface area contributed by atoms with Gasteiger partial charge in [-0.15, -0.1) is 6.42 Å². The highest BCUT2D eigenvalue weighted by Gasteiger charge is 2.11. The Hall–Kier alpha value is -3.71. The predicted octanol–water partition coefficient (Wildman–Crippen LogP) is 3.92. The summed E-state index contributed by atoms with van der Waals surface area (Å²) in [6.45, 7) is 0. The van der Waals surface area contributed by atoms with Crippen LogP contribution in [0.25, 0.3) is 33.4 Å². The van der Waals surface area contributed by atoms with Crippen LogP contribution in [0.5, 0.6) is 0 Å². The molecule has 118 valence electrons. The Morgan fingerprint density at radius 1 is 0.880 bits per heavy atom. The summed E-state index contributed by atoms with van der Waals surface area (Å²) in [5, 5.41) is 0.871. The van der Waals surface area contributed by atoms with Crippen LogP contribution in [0.1, 0.15) is 5.56 Å². The minimum Gasteiger partial charge on any atom is -0.382 e. The van der Waals surface area contributed by atoms with E-state index in [9.17, 15) is 0 Å². The van der Waals surface area contributed by atoms with Gasteiger partial charge in [0.2, 0.25) is 0 Å². The maximum atomic E-state index is 6.07. The minimum atomic E-state index is 0.381. The molecule has 2 aromatic heterocycles. The fraction of sp³-hybridized carbons (Fsp3) is 0. The highest BCUT2D eigenvalue weighted by molar-refractivity contribution is 5.98. The van der Waals surface area contributed by atoms with Gasteiger partial charge in [0.1, 0.15) is 11.3 Å². The molecular formula is C21H14N4. The molecule has 0 saturated carbocycles. The van der Waals surface area contributed by atoms with Gasteiger partial charge < -0.3 is 5.73 Å². The van der Waals surface area contributed by atoms with E-state index in [1.165, 1.54) is 0 Å². The van der Waals surface area contributed by atoms with Crippen molar-refractivity contribution in [3.63, 3.8) is 0 Å². The van der Waals surface area contributed by atoms with Gasteiger partial charge in [-0.05, 0) is 17.7 Å². The lowest BCUT2D eigenvalue weighted by atomic mass is 10.0. The number of fused-ring (bicyclic) bond motifs is 1. The first-order chi connectivity index (χ1) is 12.3. The van der Waals surface area contributed by atoms with E-state index in [0.717, 1.165) is 27.6 Å². The van der Waals surface area contributed by atoms with Crippen LogP contribution in [0.15, 0.2) is 67.0 Å². The molecule has 4 aromatic rings. The zero-order valence-electron chi connectivity index (χ0n) is 13.3. The highest BCUT2D eigenvalue weighted by Crippen LogP contribution is 2.30. The molecule has 2 heterocycles. The normalized spacial score (nSPS) is 10.5. The third-order valence-electron chi connectivity index (χ3n) is 4.03. The van der Waals surface area contributed by atoms with Crippen LogP contribution < -0.4 is 5.73 Å². The second-order valence-corrected chi connectivity index (χ2v) is 5.60. The molecule has 4 heteroatoms. The summed E-state index contributed by atoms with van der Waals surface area (Å²) >= 11 is 0. The molecule has 4 rings (SSSR count). The molecule has 0 unspecified atom stereocenters. The predicted molar refractivity (Wildman–Crippen MR) is 101 cm³/mol. The maximum absolute atomic E-state index is 6.07. The number of terminal acetylenes is 1. The molecule has 0 aliphatic carbocycles. The van der Waals surface area contributed by atoms with Crippen molar-refractivity contribution in [1.29, 1.82) is 0 Å². The summed E-state index contributed by atoms with van der Waals surface area (Å²) in [6.07, 6.45) is 9.03. The Bertz CT molecular complexity index is 1110. The van der Waals surface area contributed by atoms with Crippen LogP contribution in [-0.2, 0) is 0 Å². The SMILES string of the molecule is C#Cc1cccc(-c2ncc3c(-c4ccccc4)cnc(N)c3n2)c1. The van der Waals surface area contributed by atoms with Crippen LogP contribution in [-0.4, -0.2) is 15.0 Å². The van der Waals surface area contributed by atoms with Crippen molar-refractivity contribution < 1.29 is 0 Å². The number of hydrogen-bond donors (Lipinski definition) is 1. The zero-order valence-corrected chi connectivity index (χ0v) is 13.3. The molecule has 25 heavy (non-hydrogen) atoms. The number of nitrogens with two attached hydrogens (primary N) is 1. The smallest absolute Gasteiger partial charge is 0.159 e. The van der Waals surface area contributed by atoms with Gasteiger partial charge in [-0.2, -0.15) is 0 Å². The molecule has 0 amide bonds. The first-order valence-corrected chi connectivity index (χ1v) is 7.80. The molecule has 0 aliphatic rings. The molecule has 4 nitrogen and oxygen atoms in total. The Balaban J connectivity index is 1.92. The fourth-order valence-electron chi connectivity index (χ4n) is 2.77. The van der Waals surface area contributed by atoms with Crippen molar-refractivity contribution in [2.24, 2.45) is 0 Å². The Labute approximate surface area is 145 Å². The van der Waals surface area contributed by atoms with Crippen molar-refractivity contribution in [3.05, 3.63) is 72.6 Å². The largest absolute Gasteiger partial charge is 0.382 e. The second kappa shape index (κ2) is 6.06. The van der Waals surface area contributed by atoms with E-state index >= 15 is 0 Å². The third kappa shape index (κ3) is 2.68. The Morgan fingerprint density at radius 3 is 2.48 bits per heavy atom. The average molecular weight is 322 g/mol. The van der Waals surface area contributed by atoms with Crippen LogP contribution in [0.4, 0.5) is 5.82 Å². The van der Waals surface area contributed by atoms with E-state index in [0.29, 0.717) is 17.2 Å². The Morgan fingerprint density at radius 2 is 1.68 bits per heavy atom.